The van der Waals surface area contributed by atoms with E-state index < -0.39 is 20.9 Å². The molecule has 0 aliphatic carbocycles. The van der Waals surface area contributed by atoms with Crippen LogP contribution in [0.15, 0.2) is 35.2 Å². The summed E-state index contributed by atoms with van der Waals surface area (Å²) in [6.45, 7) is 7.77. The highest BCUT2D eigenvalue weighted by Gasteiger charge is 2.31. The Kier molecular flexibility index (Phi) is 6.21. The van der Waals surface area contributed by atoms with Crippen LogP contribution in [-0.4, -0.2) is 19.5 Å². The number of rotatable bonds is 7. The molecule has 1 unspecified atom stereocenters. The van der Waals surface area contributed by atoms with E-state index in [1.807, 2.05) is 26.8 Å². The van der Waals surface area contributed by atoms with E-state index in [4.69, 9.17) is 4.74 Å². The van der Waals surface area contributed by atoms with Gasteiger partial charge in [-0.15, -0.1) is 0 Å². The van der Waals surface area contributed by atoms with E-state index in [2.05, 4.69) is 6.92 Å². The second-order valence-electron chi connectivity index (χ2n) is 6.01. The van der Waals surface area contributed by atoms with Crippen LogP contribution in [0.3, 0.4) is 0 Å². The lowest BCUT2D eigenvalue weighted by atomic mass is 10.2. The van der Waals surface area contributed by atoms with Crippen molar-refractivity contribution >= 4 is 9.84 Å². The van der Waals surface area contributed by atoms with E-state index in [1.54, 1.807) is 24.3 Å². The summed E-state index contributed by atoms with van der Waals surface area (Å²) in [6.07, 6.45) is 3.49. The minimum atomic E-state index is -3.44. The van der Waals surface area contributed by atoms with Crippen molar-refractivity contribution in [2.45, 2.75) is 69.3 Å². The van der Waals surface area contributed by atoms with E-state index in [0.29, 0.717) is 11.3 Å². The lowest BCUT2D eigenvalue weighted by molar-refractivity contribution is -0.0268. The Hall–Kier alpha value is -0.870. The fourth-order valence-corrected chi connectivity index (χ4v) is 3.73. The molecule has 0 aliphatic heterocycles. The number of sulfone groups is 1. The number of hydrogen-bond donors (Lipinski definition) is 0. The minimum absolute atomic E-state index is 0.339. The van der Waals surface area contributed by atoms with Gasteiger partial charge in [-0.2, -0.15) is 0 Å². The van der Waals surface area contributed by atoms with Crippen molar-refractivity contribution in [3.05, 3.63) is 30.3 Å². The van der Waals surface area contributed by atoms with Crippen LogP contribution >= 0.6 is 0 Å². The van der Waals surface area contributed by atoms with Crippen LogP contribution in [0.4, 0.5) is 0 Å². The van der Waals surface area contributed by atoms with Crippen LogP contribution in [0.2, 0.25) is 0 Å². The third-order valence-electron chi connectivity index (χ3n) is 2.95. The van der Waals surface area contributed by atoms with E-state index in [0.717, 1.165) is 19.3 Å². The molecule has 0 fully saturated rings. The zero-order valence-electron chi connectivity index (χ0n) is 12.9. The SMILES string of the molecule is CCCCCC(OC(C)(C)C)S(=O)(=O)c1ccccc1. The Morgan fingerprint density at radius 3 is 2.20 bits per heavy atom. The highest BCUT2D eigenvalue weighted by molar-refractivity contribution is 7.91. The van der Waals surface area contributed by atoms with Gasteiger partial charge in [0.25, 0.3) is 0 Å². The molecule has 1 aromatic rings. The summed E-state index contributed by atoms with van der Waals surface area (Å²) in [6, 6.07) is 8.57. The molecule has 0 radical (unpaired) electrons. The van der Waals surface area contributed by atoms with Gasteiger partial charge in [0, 0.05) is 0 Å². The van der Waals surface area contributed by atoms with Crippen molar-refractivity contribution in [3.8, 4) is 0 Å². The van der Waals surface area contributed by atoms with Crippen molar-refractivity contribution in [1.82, 2.24) is 0 Å². The highest BCUT2D eigenvalue weighted by Crippen LogP contribution is 2.25. The van der Waals surface area contributed by atoms with Crippen molar-refractivity contribution in [2.75, 3.05) is 0 Å². The van der Waals surface area contributed by atoms with Crippen LogP contribution in [0, 0.1) is 0 Å². The number of hydrogen-bond acceptors (Lipinski definition) is 3. The van der Waals surface area contributed by atoms with E-state index >= 15 is 0 Å². The summed E-state index contributed by atoms with van der Waals surface area (Å²) in [5.41, 5.74) is -1.24. The van der Waals surface area contributed by atoms with Crippen molar-refractivity contribution in [3.63, 3.8) is 0 Å². The van der Waals surface area contributed by atoms with Gasteiger partial charge in [-0.25, -0.2) is 8.42 Å². The van der Waals surface area contributed by atoms with Crippen molar-refractivity contribution in [1.29, 1.82) is 0 Å². The molecule has 114 valence electrons. The first-order chi connectivity index (χ1) is 9.27. The Morgan fingerprint density at radius 1 is 1.10 bits per heavy atom. The van der Waals surface area contributed by atoms with Crippen LogP contribution in [0.25, 0.3) is 0 Å². The summed E-state index contributed by atoms with van der Waals surface area (Å²) >= 11 is 0. The Balaban J connectivity index is 2.96. The van der Waals surface area contributed by atoms with Crippen LogP contribution in [0.1, 0.15) is 53.4 Å². The third kappa shape index (κ3) is 5.25. The normalized spacial score (nSPS) is 14.2. The van der Waals surface area contributed by atoms with Gasteiger partial charge < -0.3 is 4.74 Å². The molecule has 0 N–H and O–H groups in total. The zero-order chi connectivity index (χ0) is 15.2. The number of ether oxygens (including phenoxy) is 1. The summed E-state index contributed by atoms with van der Waals surface area (Å²) in [4.78, 5) is 0.339. The van der Waals surface area contributed by atoms with Gasteiger partial charge >= 0.3 is 0 Å². The third-order valence-corrected chi connectivity index (χ3v) is 4.90. The van der Waals surface area contributed by atoms with Gasteiger partial charge in [0.05, 0.1) is 10.5 Å². The van der Waals surface area contributed by atoms with E-state index in [1.165, 1.54) is 0 Å². The maximum Gasteiger partial charge on any atom is 0.205 e. The molecular formula is C16H26O3S. The lowest BCUT2D eigenvalue weighted by Crippen LogP contribution is -2.33. The van der Waals surface area contributed by atoms with Crippen LogP contribution in [0.5, 0.6) is 0 Å². The minimum Gasteiger partial charge on any atom is -0.356 e. The van der Waals surface area contributed by atoms with Gasteiger partial charge in [0.1, 0.15) is 0 Å². The Bertz CT molecular complexity index is 486. The first-order valence-electron chi connectivity index (χ1n) is 7.24. The monoisotopic (exact) mass is 298 g/mol. The Labute approximate surface area is 123 Å². The highest BCUT2D eigenvalue weighted by atomic mass is 32.2. The van der Waals surface area contributed by atoms with E-state index in [-0.39, 0.29) is 0 Å². The molecule has 0 heterocycles. The number of benzene rings is 1. The van der Waals surface area contributed by atoms with Gasteiger partial charge in [0.2, 0.25) is 9.84 Å². The fourth-order valence-electron chi connectivity index (χ4n) is 1.99. The molecule has 0 aromatic heterocycles. The van der Waals surface area contributed by atoms with Crippen LogP contribution < -0.4 is 0 Å². The molecule has 20 heavy (non-hydrogen) atoms. The average molecular weight is 298 g/mol. The number of unbranched alkanes of at least 4 members (excludes halogenated alkanes) is 2. The molecule has 0 aliphatic rings. The molecule has 0 bridgehead atoms. The second-order valence-corrected chi connectivity index (χ2v) is 8.10. The van der Waals surface area contributed by atoms with Crippen molar-refractivity contribution in [2.24, 2.45) is 0 Å². The molecule has 1 rings (SSSR count). The summed E-state index contributed by atoms with van der Waals surface area (Å²) < 4.78 is 31.2. The molecule has 0 amide bonds. The summed E-state index contributed by atoms with van der Waals surface area (Å²) in [5, 5.41) is 0. The first kappa shape index (κ1) is 17.2. The summed E-state index contributed by atoms with van der Waals surface area (Å²) in [5.74, 6) is 0. The topological polar surface area (TPSA) is 43.4 Å². The quantitative estimate of drug-likeness (QED) is 0.709. The standard InChI is InChI=1S/C16H26O3S/c1-5-6-8-13-15(19-16(2,3)4)20(17,18)14-11-9-7-10-12-14/h7,9-12,15H,5-6,8,13H2,1-4H3. The Morgan fingerprint density at radius 2 is 1.70 bits per heavy atom. The van der Waals surface area contributed by atoms with E-state index in [9.17, 15) is 8.42 Å². The fraction of sp³-hybridized carbons (Fsp3) is 0.625. The zero-order valence-corrected chi connectivity index (χ0v) is 13.7. The van der Waals surface area contributed by atoms with Crippen LogP contribution in [-0.2, 0) is 14.6 Å². The molecular weight excluding hydrogens is 272 g/mol. The molecule has 0 spiro atoms. The molecule has 4 heteroatoms. The molecule has 1 aromatic carbocycles. The maximum absolute atomic E-state index is 12.7. The predicted octanol–water partition coefficient (Wildman–Crippen LogP) is 4.18. The first-order valence-corrected chi connectivity index (χ1v) is 8.79. The van der Waals surface area contributed by atoms with Gasteiger partial charge in [-0.05, 0) is 45.7 Å². The van der Waals surface area contributed by atoms with Gasteiger partial charge in [-0.1, -0.05) is 38.0 Å². The second kappa shape index (κ2) is 7.23. The van der Waals surface area contributed by atoms with Crippen molar-refractivity contribution < 1.29 is 13.2 Å². The largest absolute Gasteiger partial charge is 0.356 e. The molecule has 0 saturated carbocycles. The smallest absolute Gasteiger partial charge is 0.205 e. The van der Waals surface area contributed by atoms with Gasteiger partial charge in [0.15, 0.2) is 5.44 Å². The average Bonchev–Trinajstić information content (AvgIpc) is 2.37. The molecule has 1 atom stereocenters. The maximum atomic E-state index is 12.7. The summed E-state index contributed by atoms with van der Waals surface area (Å²) in [7, 11) is -3.44. The molecule has 3 nitrogen and oxygen atoms in total. The predicted molar refractivity (Wildman–Crippen MR) is 82.4 cm³/mol. The molecule has 0 saturated heterocycles. The lowest BCUT2D eigenvalue weighted by Gasteiger charge is -2.27. The van der Waals surface area contributed by atoms with Gasteiger partial charge in [-0.3, -0.25) is 0 Å².